The number of benzene rings is 2. The van der Waals surface area contributed by atoms with Crippen molar-refractivity contribution in [1.29, 1.82) is 0 Å². The van der Waals surface area contributed by atoms with E-state index in [-0.39, 0.29) is 24.2 Å². The molecule has 208 valence electrons. The summed E-state index contributed by atoms with van der Waals surface area (Å²) in [6.45, 7) is 1.40. The number of nitrogens with zero attached hydrogens (tertiary/aromatic N) is 2. The van der Waals surface area contributed by atoms with Gasteiger partial charge in [-0.05, 0) is 49.1 Å². The van der Waals surface area contributed by atoms with Crippen molar-refractivity contribution in [3.63, 3.8) is 0 Å². The normalized spacial score (nSPS) is 15.0. The maximum Gasteiger partial charge on any atom is 0.244 e. The van der Waals surface area contributed by atoms with Gasteiger partial charge in [-0.25, -0.2) is 8.42 Å². The standard InChI is InChI=1S/C27H35Cl2N3O5S/c1-4-25(27(34)30-20-9-6-5-7-10-20)31(17-19-13-14-23(28)24(29)15-19)26(33)18-32(38(3,35)36)21-11-8-12-22(16-21)37-2/h8,11-16,20,25H,4-7,9-10,17-18H2,1-3H3,(H,30,34)/t25-/m1/s1. The fourth-order valence-electron chi connectivity index (χ4n) is 4.68. The minimum absolute atomic E-state index is 0.0576. The van der Waals surface area contributed by atoms with Crippen LogP contribution in [0, 0.1) is 0 Å². The SMILES string of the molecule is CC[C@H](C(=O)NC1CCCCC1)N(Cc1ccc(Cl)c(Cl)c1)C(=O)CN(c1cccc(OC)c1)S(C)(=O)=O. The lowest BCUT2D eigenvalue weighted by atomic mass is 9.95. The van der Waals surface area contributed by atoms with Gasteiger partial charge in [0.25, 0.3) is 0 Å². The van der Waals surface area contributed by atoms with Crippen LogP contribution in [0.15, 0.2) is 42.5 Å². The van der Waals surface area contributed by atoms with Crippen LogP contribution in [-0.2, 0) is 26.2 Å². The molecular weight excluding hydrogens is 549 g/mol. The maximum atomic E-state index is 13.8. The first-order chi connectivity index (χ1) is 18.0. The summed E-state index contributed by atoms with van der Waals surface area (Å²) in [5.74, 6) is -0.315. The number of ether oxygens (including phenoxy) is 1. The maximum absolute atomic E-state index is 13.8. The molecule has 1 N–H and O–H groups in total. The molecule has 1 aliphatic carbocycles. The van der Waals surface area contributed by atoms with Gasteiger partial charge < -0.3 is 15.0 Å². The third kappa shape index (κ3) is 8.01. The summed E-state index contributed by atoms with van der Waals surface area (Å²) in [5, 5.41) is 3.81. The first kappa shape index (κ1) is 30.1. The van der Waals surface area contributed by atoms with E-state index in [4.69, 9.17) is 27.9 Å². The van der Waals surface area contributed by atoms with E-state index in [0.29, 0.717) is 27.8 Å². The Labute approximate surface area is 235 Å². The Bertz CT molecular complexity index is 1230. The van der Waals surface area contributed by atoms with Gasteiger partial charge in [0, 0.05) is 18.7 Å². The van der Waals surface area contributed by atoms with Crippen LogP contribution in [0.1, 0.15) is 51.0 Å². The highest BCUT2D eigenvalue weighted by Gasteiger charge is 2.33. The van der Waals surface area contributed by atoms with Crippen molar-refractivity contribution in [2.45, 2.75) is 64.1 Å². The van der Waals surface area contributed by atoms with E-state index >= 15 is 0 Å². The van der Waals surface area contributed by atoms with Crippen molar-refractivity contribution in [1.82, 2.24) is 10.2 Å². The average molecular weight is 585 g/mol. The van der Waals surface area contributed by atoms with Gasteiger partial charge in [0.1, 0.15) is 18.3 Å². The molecule has 0 saturated heterocycles. The molecule has 0 spiro atoms. The molecule has 38 heavy (non-hydrogen) atoms. The molecule has 0 bridgehead atoms. The van der Waals surface area contributed by atoms with E-state index in [0.717, 1.165) is 42.7 Å². The van der Waals surface area contributed by atoms with Crippen LogP contribution >= 0.6 is 23.2 Å². The van der Waals surface area contributed by atoms with Gasteiger partial charge in [0.05, 0.1) is 29.1 Å². The van der Waals surface area contributed by atoms with Crippen LogP contribution in [0.25, 0.3) is 0 Å². The molecule has 1 saturated carbocycles. The first-order valence-corrected chi connectivity index (χ1v) is 15.3. The van der Waals surface area contributed by atoms with Crippen LogP contribution in [0.3, 0.4) is 0 Å². The Balaban J connectivity index is 1.94. The Morgan fingerprint density at radius 3 is 2.39 bits per heavy atom. The van der Waals surface area contributed by atoms with Crippen molar-refractivity contribution in [3.05, 3.63) is 58.1 Å². The van der Waals surface area contributed by atoms with E-state index < -0.39 is 28.5 Å². The predicted molar refractivity (Wildman–Crippen MR) is 151 cm³/mol. The molecule has 0 heterocycles. The molecule has 2 amide bonds. The van der Waals surface area contributed by atoms with Gasteiger partial charge in [0.2, 0.25) is 21.8 Å². The third-order valence-corrected chi connectivity index (χ3v) is 8.57. The Hall–Kier alpha value is -2.49. The van der Waals surface area contributed by atoms with E-state index in [1.165, 1.54) is 12.0 Å². The minimum atomic E-state index is -3.84. The van der Waals surface area contributed by atoms with Gasteiger partial charge in [0.15, 0.2) is 0 Å². The predicted octanol–water partition coefficient (Wildman–Crippen LogP) is 5.02. The van der Waals surface area contributed by atoms with E-state index in [1.807, 2.05) is 6.92 Å². The van der Waals surface area contributed by atoms with Gasteiger partial charge in [-0.15, -0.1) is 0 Å². The Morgan fingerprint density at radius 2 is 1.79 bits per heavy atom. The van der Waals surface area contributed by atoms with Gasteiger partial charge >= 0.3 is 0 Å². The summed E-state index contributed by atoms with van der Waals surface area (Å²) in [7, 11) is -2.36. The highest BCUT2D eigenvalue weighted by atomic mass is 35.5. The van der Waals surface area contributed by atoms with Crippen LogP contribution in [0.4, 0.5) is 5.69 Å². The zero-order chi connectivity index (χ0) is 27.9. The third-order valence-electron chi connectivity index (χ3n) is 6.69. The smallest absolute Gasteiger partial charge is 0.244 e. The molecule has 2 aromatic rings. The summed E-state index contributed by atoms with van der Waals surface area (Å²) in [6.07, 6.45) is 6.45. The lowest BCUT2D eigenvalue weighted by Crippen LogP contribution is -2.53. The van der Waals surface area contributed by atoms with E-state index in [1.54, 1.807) is 42.5 Å². The van der Waals surface area contributed by atoms with Crippen LogP contribution in [-0.4, -0.2) is 57.1 Å². The Morgan fingerprint density at radius 1 is 1.08 bits per heavy atom. The van der Waals surface area contributed by atoms with Gasteiger partial charge in [-0.3, -0.25) is 13.9 Å². The summed E-state index contributed by atoms with van der Waals surface area (Å²) in [6, 6.07) is 10.7. The number of halogens is 2. The van der Waals surface area contributed by atoms with E-state index in [2.05, 4.69) is 5.32 Å². The summed E-state index contributed by atoms with van der Waals surface area (Å²) in [4.78, 5) is 28.7. The van der Waals surface area contributed by atoms with Crippen LogP contribution in [0.5, 0.6) is 5.75 Å². The molecule has 0 aliphatic heterocycles. The minimum Gasteiger partial charge on any atom is -0.497 e. The van der Waals surface area contributed by atoms with Crippen molar-refractivity contribution < 1.29 is 22.7 Å². The summed E-state index contributed by atoms with van der Waals surface area (Å²) in [5.41, 5.74) is 0.957. The van der Waals surface area contributed by atoms with Gasteiger partial charge in [-0.2, -0.15) is 0 Å². The number of hydrogen-bond donors (Lipinski definition) is 1. The average Bonchev–Trinajstić information content (AvgIpc) is 2.89. The van der Waals surface area contributed by atoms with Gasteiger partial charge in [-0.1, -0.05) is 61.5 Å². The monoisotopic (exact) mass is 583 g/mol. The fourth-order valence-corrected chi connectivity index (χ4v) is 5.84. The molecule has 1 fully saturated rings. The number of nitrogens with one attached hydrogen (secondary N) is 1. The number of amides is 2. The molecule has 0 unspecified atom stereocenters. The quantitative estimate of drug-likeness (QED) is 0.400. The summed E-state index contributed by atoms with van der Waals surface area (Å²) < 4.78 is 31.8. The highest BCUT2D eigenvalue weighted by molar-refractivity contribution is 7.92. The number of sulfonamides is 1. The zero-order valence-corrected chi connectivity index (χ0v) is 24.3. The second-order valence-electron chi connectivity index (χ2n) is 9.51. The van der Waals surface area contributed by atoms with E-state index in [9.17, 15) is 18.0 Å². The lowest BCUT2D eigenvalue weighted by Gasteiger charge is -2.34. The number of hydrogen-bond acceptors (Lipinski definition) is 5. The van der Waals surface area contributed by atoms with Crippen molar-refractivity contribution >= 4 is 50.7 Å². The molecule has 0 aromatic heterocycles. The molecule has 3 rings (SSSR count). The number of methoxy groups -OCH3 is 1. The molecule has 1 atom stereocenters. The molecular formula is C27H35Cl2N3O5S. The fraction of sp³-hybridized carbons (Fsp3) is 0.481. The molecule has 11 heteroatoms. The number of carbonyl (C=O) groups excluding carboxylic acids is 2. The first-order valence-electron chi connectivity index (χ1n) is 12.7. The van der Waals surface area contributed by atoms with Crippen molar-refractivity contribution in [2.24, 2.45) is 0 Å². The molecule has 8 nitrogen and oxygen atoms in total. The van der Waals surface area contributed by atoms with Crippen LogP contribution < -0.4 is 14.4 Å². The second-order valence-corrected chi connectivity index (χ2v) is 12.2. The highest BCUT2D eigenvalue weighted by Crippen LogP contribution is 2.26. The lowest BCUT2D eigenvalue weighted by molar-refractivity contribution is -0.140. The van der Waals surface area contributed by atoms with Crippen LogP contribution in [0.2, 0.25) is 10.0 Å². The number of carbonyl (C=O) groups is 2. The molecule has 0 radical (unpaired) electrons. The topological polar surface area (TPSA) is 96.0 Å². The number of rotatable bonds is 11. The largest absolute Gasteiger partial charge is 0.497 e. The molecule has 1 aliphatic rings. The second kappa shape index (κ2) is 13.5. The van der Waals surface area contributed by atoms with Crippen molar-refractivity contribution in [3.8, 4) is 5.75 Å². The van der Waals surface area contributed by atoms with Crippen molar-refractivity contribution in [2.75, 3.05) is 24.2 Å². The number of anilines is 1. The Kier molecular flexibility index (Phi) is 10.7. The summed E-state index contributed by atoms with van der Waals surface area (Å²) >= 11 is 12.3. The molecule has 2 aromatic carbocycles. The zero-order valence-electron chi connectivity index (χ0n) is 22.0.